The first-order valence-electron chi connectivity index (χ1n) is 6.37. The standard InChI is InChI=1S/C16H21N/c1-12(2)17(13(3)4)16-11-7-9-14-8-5-6-10-15(14)16/h5-13H,1-4H3. The van der Waals surface area contributed by atoms with Crippen molar-refractivity contribution in [2.24, 2.45) is 0 Å². The van der Waals surface area contributed by atoms with Crippen molar-refractivity contribution in [2.75, 3.05) is 4.90 Å². The second-order valence-electron chi connectivity index (χ2n) is 5.09. The van der Waals surface area contributed by atoms with Gasteiger partial charge in [0.1, 0.15) is 0 Å². The van der Waals surface area contributed by atoms with Crippen LogP contribution in [-0.2, 0) is 0 Å². The molecule has 0 saturated heterocycles. The van der Waals surface area contributed by atoms with Crippen LogP contribution < -0.4 is 4.90 Å². The van der Waals surface area contributed by atoms with Crippen LogP contribution in [0.5, 0.6) is 0 Å². The monoisotopic (exact) mass is 227 g/mol. The summed E-state index contributed by atoms with van der Waals surface area (Å²) in [4.78, 5) is 2.47. The van der Waals surface area contributed by atoms with Crippen molar-refractivity contribution in [3.8, 4) is 0 Å². The zero-order chi connectivity index (χ0) is 12.4. The lowest BCUT2D eigenvalue weighted by Crippen LogP contribution is -2.37. The minimum atomic E-state index is 0.515. The summed E-state index contributed by atoms with van der Waals surface area (Å²) in [6.45, 7) is 9.01. The maximum Gasteiger partial charge on any atom is 0.0450 e. The average molecular weight is 227 g/mol. The number of hydrogen-bond donors (Lipinski definition) is 0. The quantitative estimate of drug-likeness (QED) is 0.748. The lowest BCUT2D eigenvalue weighted by Gasteiger charge is -2.34. The molecule has 2 aromatic rings. The highest BCUT2D eigenvalue weighted by Crippen LogP contribution is 2.29. The first kappa shape index (κ1) is 12.0. The largest absolute Gasteiger partial charge is 0.366 e. The summed E-state index contributed by atoms with van der Waals surface area (Å²) < 4.78 is 0. The molecule has 1 heteroatoms. The maximum absolute atomic E-state index is 2.47. The molecule has 2 aromatic carbocycles. The van der Waals surface area contributed by atoms with E-state index in [1.807, 2.05) is 0 Å². The van der Waals surface area contributed by atoms with Crippen LogP contribution in [0, 0.1) is 0 Å². The first-order valence-corrected chi connectivity index (χ1v) is 6.37. The smallest absolute Gasteiger partial charge is 0.0450 e. The maximum atomic E-state index is 2.47. The zero-order valence-corrected chi connectivity index (χ0v) is 11.1. The summed E-state index contributed by atoms with van der Waals surface area (Å²) >= 11 is 0. The van der Waals surface area contributed by atoms with Crippen molar-refractivity contribution in [2.45, 2.75) is 39.8 Å². The normalized spacial score (nSPS) is 11.4. The average Bonchev–Trinajstić information content (AvgIpc) is 2.28. The summed E-state index contributed by atoms with van der Waals surface area (Å²) in [7, 11) is 0. The predicted molar refractivity (Wildman–Crippen MR) is 76.7 cm³/mol. The molecule has 0 aliphatic rings. The van der Waals surface area contributed by atoms with Crippen LogP contribution >= 0.6 is 0 Å². The predicted octanol–water partition coefficient (Wildman–Crippen LogP) is 4.46. The molecule has 0 atom stereocenters. The SMILES string of the molecule is CC(C)N(c1cccc2ccccc12)C(C)C. The van der Waals surface area contributed by atoms with E-state index >= 15 is 0 Å². The van der Waals surface area contributed by atoms with Gasteiger partial charge < -0.3 is 4.90 Å². The fourth-order valence-corrected chi connectivity index (χ4v) is 2.59. The molecular weight excluding hydrogens is 206 g/mol. The van der Waals surface area contributed by atoms with Crippen molar-refractivity contribution in [3.05, 3.63) is 42.5 Å². The van der Waals surface area contributed by atoms with Gasteiger partial charge in [-0.05, 0) is 39.1 Å². The van der Waals surface area contributed by atoms with E-state index in [0.29, 0.717) is 12.1 Å². The molecule has 0 aliphatic heterocycles. The number of rotatable bonds is 3. The van der Waals surface area contributed by atoms with Crippen LogP contribution in [0.15, 0.2) is 42.5 Å². The Kier molecular flexibility index (Phi) is 3.37. The Hall–Kier alpha value is -1.50. The highest BCUT2D eigenvalue weighted by atomic mass is 15.2. The second-order valence-corrected chi connectivity index (χ2v) is 5.09. The van der Waals surface area contributed by atoms with Crippen LogP contribution in [0.2, 0.25) is 0 Å². The molecule has 0 N–H and O–H groups in total. The van der Waals surface area contributed by atoms with E-state index < -0.39 is 0 Å². The lowest BCUT2D eigenvalue weighted by atomic mass is 10.1. The Morgan fingerprint density at radius 1 is 0.765 bits per heavy atom. The summed E-state index contributed by atoms with van der Waals surface area (Å²) in [6.07, 6.45) is 0. The Balaban J connectivity index is 2.61. The van der Waals surface area contributed by atoms with E-state index in [9.17, 15) is 0 Å². The van der Waals surface area contributed by atoms with Crippen LogP contribution in [0.1, 0.15) is 27.7 Å². The van der Waals surface area contributed by atoms with E-state index in [2.05, 4.69) is 75.1 Å². The summed E-state index contributed by atoms with van der Waals surface area (Å²) in [5.41, 5.74) is 1.34. The third-order valence-electron chi connectivity index (χ3n) is 3.16. The molecule has 2 rings (SSSR count). The van der Waals surface area contributed by atoms with Gasteiger partial charge in [-0.3, -0.25) is 0 Å². The Labute approximate surface area is 104 Å². The van der Waals surface area contributed by atoms with E-state index in [-0.39, 0.29) is 0 Å². The van der Waals surface area contributed by atoms with Crippen LogP contribution in [0.25, 0.3) is 10.8 Å². The molecule has 0 aliphatic carbocycles. The van der Waals surface area contributed by atoms with Crippen molar-refractivity contribution in [3.63, 3.8) is 0 Å². The lowest BCUT2D eigenvalue weighted by molar-refractivity contribution is 0.610. The molecule has 90 valence electrons. The minimum Gasteiger partial charge on any atom is -0.366 e. The van der Waals surface area contributed by atoms with Crippen LogP contribution in [-0.4, -0.2) is 12.1 Å². The molecule has 0 bridgehead atoms. The molecular formula is C16H21N. The molecule has 17 heavy (non-hydrogen) atoms. The zero-order valence-electron chi connectivity index (χ0n) is 11.1. The number of benzene rings is 2. The molecule has 0 fully saturated rings. The Morgan fingerprint density at radius 3 is 2.00 bits per heavy atom. The fraction of sp³-hybridized carbons (Fsp3) is 0.375. The summed E-state index contributed by atoms with van der Waals surface area (Å²) in [6, 6.07) is 16.2. The van der Waals surface area contributed by atoms with Crippen molar-refractivity contribution >= 4 is 16.5 Å². The number of nitrogens with zero attached hydrogens (tertiary/aromatic N) is 1. The van der Waals surface area contributed by atoms with E-state index in [1.165, 1.54) is 16.5 Å². The topological polar surface area (TPSA) is 3.24 Å². The fourth-order valence-electron chi connectivity index (χ4n) is 2.59. The van der Waals surface area contributed by atoms with E-state index in [0.717, 1.165) is 0 Å². The van der Waals surface area contributed by atoms with E-state index in [1.54, 1.807) is 0 Å². The number of hydrogen-bond acceptors (Lipinski definition) is 1. The summed E-state index contributed by atoms with van der Waals surface area (Å²) in [5.74, 6) is 0. The van der Waals surface area contributed by atoms with Gasteiger partial charge in [-0.1, -0.05) is 36.4 Å². The molecule has 0 amide bonds. The second kappa shape index (κ2) is 4.79. The number of anilines is 1. The first-order chi connectivity index (χ1) is 8.11. The van der Waals surface area contributed by atoms with Crippen molar-refractivity contribution in [1.82, 2.24) is 0 Å². The number of fused-ring (bicyclic) bond motifs is 1. The molecule has 0 spiro atoms. The van der Waals surface area contributed by atoms with Crippen molar-refractivity contribution < 1.29 is 0 Å². The van der Waals surface area contributed by atoms with Gasteiger partial charge in [0.15, 0.2) is 0 Å². The van der Waals surface area contributed by atoms with Gasteiger partial charge in [0.05, 0.1) is 0 Å². The highest BCUT2D eigenvalue weighted by molar-refractivity contribution is 5.94. The molecule has 1 nitrogen and oxygen atoms in total. The van der Waals surface area contributed by atoms with Gasteiger partial charge in [0.25, 0.3) is 0 Å². The van der Waals surface area contributed by atoms with Gasteiger partial charge in [-0.2, -0.15) is 0 Å². The summed E-state index contributed by atoms with van der Waals surface area (Å²) in [5, 5.41) is 2.66. The van der Waals surface area contributed by atoms with Gasteiger partial charge in [0, 0.05) is 23.2 Å². The van der Waals surface area contributed by atoms with Gasteiger partial charge >= 0.3 is 0 Å². The Bertz CT molecular complexity index is 486. The van der Waals surface area contributed by atoms with Crippen molar-refractivity contribution in [1.29, 1.82) is 0 Å². The molecule has 0 saturated carbocycles. The van der Waals surface area contributed by atoms with Gasteiger partial charge in [-0.25, -0.2) is 0 Å². The van der Waals surface area contributed by atoms with E-state index in [4.69, 9.17) is 0 Å². The Morgan fingerprint density at radius 2 is 1.35 bits per heavy atom. The third-order valence-corrected chi connectivity index (χ3v) is 3.16. The van der Waals surface area contributed by atoms with Crippen LogP contribution in [0.3, 0.4) is 0 Å². The molecule has 0 heterocycles. The molecule has 0 aromatic heterocycles. The minimum absolute atomic E-state index is 0.515. The van der Waals surface area contributed by atoms with Gasteiger partial charge in [0.2, 0.25) is 0 Å². The highest BCUT2D eigenvalue weighted by Gasteiger charge is 2.15. The third kappa shape index (κ3) is 2.28. The molecule has 0 unspecified atom stereocenters. The van der Waals surface area contributed by atoms with Gasteiger partial charge in [-0.15, -0.1) is 0 Å². The van der Waals surface area contributed by atoms with Crippen LogP contribution in [0.4, 0.5) is 5.69 Å². The molecule has 0 radical (unpaired) electrons.